The second-order valence-corrected chi connectivity index (χ2v) is 7.60. The van der Waals surface area contributed by atoms with Gasteiger partial charge in [-0.15, -0.1) is 0 Å². The molecule has 4 heteroatoms. The fraction of sp³-hybridized carbons (Fsp3) is 0.111. The predicted molar refractivity (Wildman–Crippen MR) is 122 cm³/mol. The highest BCUT2D eigenvalue weighted by Crippen LogP contribution is 2.40. The largest absolute Gasteiger partial charge is 0.465 e. The smallest absolute Gasteiger partial charge is 0.338 e. The highest BCUT2D eigenvalue weighted by atomic mass is 16.5. The number of benzene rings is 5. The molecule has 31 heavy (non-hydrogen) atoms. The van der Waals surface area contributed by atoms with Gasteiger partial charge < -0.3 is 9.47 Å². The lowest BCUT2D eigenvalue weighted by molar-refractivity contribution is 0.0601. The van der Waals surface area contributed by atoms with Crippen molar-refractivity contribution < 1.29 is 19.1 Å². The third kappa shape index (κ3) is 2.99. The molecular weight excluding hydrogens is 388 g/mol. The summed E-state index contributed by atoms with van der Waals surface area (Å²) in [6, 6.07) is 24.0. The molecule has 4 nitrogen and oxygen atoms in total. The first-order valence-electron chi connectivity index (χ1n) is 10.1. The van der Waals surface area contributed by atoms with E-state index in [0.717, 1.165) is 33.4 Å². The summed E-state index contributed by atoms with van der Waals surface area (Å²) in [5, 5.41) is 5.52. The van der Waals surface area contributed by atoms with Gasteiger partial charge in [0.1, 0.15) is 0 Å². The molecule has 0 spiro atoms. The summed E-state index contributed by atoms with van der Waals surface area (Å²) in [6.07, 6.45) is 0.790. The number of carbonyl (C=O) groups is 2. The Bertz CT molecular complexity index is 1450. The van der Waals surface area contributed by atoms with Crippen LogP contribution in [0, 0.1) is 0 Å². The molecule has 0 N–H and O–H groups in total. The molecule has 5 aromatic rings. The van der Waals surface area contributed by atoms with Gasteiger partial charge in [0.05, 0.1) is 25.3 Å². The van der Waals surface area contributed by atoms with Crippen LogP contribution in [-0.2, 0) is 15.9 Å². The van der Waals surface area contributed by atoms with Crippen molar-refractivity contribution in [1.29, 1.82) is 0 Å². The van der Waals surface area contributed by atoms with Crippen molar-refractivity contribution in [1.82, 2.24) is 0 Å². The molecule has 0 aliphatic rings. The Kier molecular flexibility index (Phi) is 4.55. The lowest BCUT2D eigenvalue weighted by atomic mass is 9.85. The fourth-order valence-electron chi connectivity index (χ4n) is 4.53. The Labute approximate surface area is 179 Å². The second-order valence-electron chi connectivity index (χ2n) is 7.60. The number of esters is 2. The molecule has 0 saturated carbocycles. The lowest BCUT2D eigenvalue weighted by Gasteiger charge is -2.18. The van der Waals surface area contributed by atoms with Crippen LogP contribution in [0.15, 0.2) is 72.8 Å². The first kappa shape index (κ1) is 19.1. The number of hydrogen-bond acceptors (Lipinski definition) is 4. The van der Waals surface area contributed by atoms with E-state index in [1.165, 1.54) is 25.3 Å². The summed E-state index contributed by atoms with van der Waals surface area (Å²) >= 11 is 0. The van der Waals surface area contributed by atoms with Gasteiger partial charge in [0, 0.05) is 5.39 Å². The van der Waals surface area contributed by atoms with Gasteiger partial charge in [-0.05, 0) is 56.6 Å². The third-order valence-corrected chi connectivity index (χ3v) is 5.88. The number of rotatable bonds is 4. The molecule has 0 bridgehead atoms. The molecule has 5 rings (SSSR count). The average Bonchev–Trinajstić information content (AvgIpc) is 2.82. The molecule has 0 unspecified atom stereocenters. The van der Waals surface area contributed by atoms with E-state index in [9.17, 15) is 9.59 Å². The zero-order valence-electron chi connectivity index (χ0n) is 17.3. The lowest BCUT2D eigenvalue weighted by Crippen LogP contribution is -2.09. The topological polar surface area (TPSA) is 52.6 Å². The Morgan fingerprint density at radius 3 is 2.13 bits per heavy atom. The van der Waals surface area contributed by atoms with E-state index >= 15 is 0 Å². The molecule has 0 amide bonds. The van der Waals surface area contributed by atoms with Gasteiger partial charge >= 0.3 is 11.9 Å². The van der Waals surface area contributed by atoms with Gasteiger partial charge in [-0.3, -0.25) is 0 Å². The monoisotopic (exact) mass is 408 g/mol. The zero-order valence-corrected chi connectivity index (χ0v) is 17.3. The van der Waals surface area contributed by atoms with E-state index in [1.54, 1.807) is 6.07 Å². The maximum absolute atomic E-state index is 12.7. The molecule has 0 aliphatic carbocycles. The second kappa shape index (κ2) is 7.40. The van der Waals surface area contributed by atoms with Crippen LogP contribution in [0.4, 0.5) is 0 Å². The van der Waals surface area contributed by atoms with Gasteiger partial charge in [0.25, 0.3) is 0 Å². The predicted octanol–water partition coefficient (Wildman–Crippen LogP) is 5.75. The van der Waals surface area contributed by atoms with E-state index in [4.69, 9.17) is 9.47 Å². The van der Waals surface area contributed by atoms with E-state index in [2.05, 4.69) is 24.3 Å². The molecule has 0 radical (unpaired) electrons. The van der Waals surface area contributed by atoms with Crippen LogP contribution in [-0.4, -0.2) is 26.2 Å². The van der Waals surface area contributed by atoms with Gasteiger partial charge in [-0.1, -0.05) is 60.7 Å². The quantitative estimate of drug-likeness (QED) is 0.281. The Morgan fingerprint density at radius 1 is 0.677 bits per heavy atom. The van der Waals surface area contributed by atoms with Crippen LogP contribution < -0.4 is 0 Å². The van der Waals surface area contributed by atoms with Gasteiger partial charge in [-0.25, -0.2) is 9.59 Å². The molecule has 0 aromatic heterocycles. The van der Waals surface area contributed by atoms with Crippen LogP contribution in [0.5, 0.6) is 0 Å². The summed E-state index contributed by atoms with van der Waals surface area (Å²) in [5.74, 6) is -0.957. The Hall–Kier alpha value is -3.92. The van der Waals surface area contributed by atoms with Crippen LogP contribution >= 0.6 is 0 Å². The van der Waals surface area contributed by atoms with E-state index in [0.29, 0.717) is 16.5 Å². The van der Waals surface area contributed by atoms with Crippen molar-refractivity contribution in [3.05, 3.63) is 95.1 Å². The van der Waals surface area contributed by atoms with Crippen molar-refractivity contribution >= 4 is 44.3 Å². The molecule has 0 aliphatic heterocycles. The molecule has 5 aromatic carbocycles. The highest BCUT2D eigenvalue weighted by molar-refractivity contribution is 6.30. The molecule has 0 heterocycles. The van der Waals surface area contributed by atoms with Gasteiger partial charge in [0.15, 0.2) is 0 Å². The van der Waals surface area contributed by atoms with Crippen LogP contribution in [0.2, 0.25) is 0 Å². The summed E-state index contributed by atoms with van der Waals surface area (Å²) in [6.45, 7) is 0. The van der Waals surface area contributed by atoms with E-state index in [-0.39, 0.29) is 0 Å². The SMILES string of the molecule is COC(=O)c1ccc2cc(Cc3ccccc3)c3cccc4cc(C(=O)OC)c1c2c43. The molecule has 0 saturated heterocycles. The standard InChI is InChI=1S/C27H20O4/c1-30-26(28)21-12-11-18-14-19(13-16-7-4-3-5-8-16)20-10-6-9-17-15-22(27(29)31-2)25(21)24(18)23(17)20/h3-12,14-15H,13H2,1-2H3. The Morgan fingerprint density at radius 2 is 1.39 bits per heavy atom. The zero-order chi connectivity index (χ0) is 21.5. The van der Waals surface area contributed by atoms with E-state index in [1.807, 2.05) is 42.5 Å². The third-order valence-electron chi connectivity index (χ3n) is 5.88. The molecule has 152 valence electrons. The molecular formula is C27H20O4. The van der Waals surface area contributed by atoms with Crippen molar-refractivity contribution in [2.24, 2.45) is 0 Å². The van der Waals surface area contributed by atoms with Crippen molar-refractivity contribution in [3.63, 3.8) is 0 Å². The molecule has 0 fully saturated rings. The first-order valence-corrected chi connectivity index (χ1v) is 10.1. The van der Waals surface area contributed by atoms with Gasteiger partial charge in [-0.2, -0.15) is 0 Å². The van der Waals surface area contributed by atoms with Gasteiger partial charge in [0.2, 0.25) is 0 Å². The van der Waals surface area contributed by atoms with Crippen LogP contribution in [0.3, 0.4) is 0 Å². The summed E-state index contributed by atoms with van der Waals surface area (Å²) in [7, 11) is 2.69. The van der Waals surface area contributed by atoms with Crippen molar-refractivity contribution in [2.75, 3.05) is 14.2 Å². The minimum atomic E-state index is -0.479. The van der Waals surface area contributed by atoms with E-state index < -0.39 is 11.9 Å². The minimum Gasteiger partial charge on any atom is -0.465 e. The summed E-state index contributed by atoms with van der Waals surface area (Å²) in [5.41, 5.74) is 3.15. The maximum Gasteiger partial charge on any atom is 0.338 e. The summed E-state index contributed by atoms with van der Waals surface area (Å²) < 4.78 is 10.1. The first-order chi connectivity index (χ1) is 15.1. The average molecular weight is 408 g/mol. The Balaban J connectivity index is 1.92. The molecule has 0 atom stereocenters. The summed E-state index contributed by atoms with van der Waals surface area (Å²) in [4.78, 5) is 25.2. The number of carbonyl (C=O) groups excluding carboxylic acids is 2. The number of ether oxygens (including phenoxy) is 2. The highest BCUT2D eigenvalue weighted by Gasteiger charge is 2.23. The van der Waals surface area contributed by atoms with Crippen molar-refractivity contribution in [2.45, 2.75) is 6.42 Å². The fourth-order valence-corrected chi connectivity index (χ4v) is 4.53. The van der Waals surface area contributed by atoms with Crippen molar-refractivity contribution in [3.8, 4) is 0 Å². The normalized spacial score (nSPS) is 11.3. The maximum atomic E-state index is 12.7. The van der Waals surface area contributed by atoms with Crippen LogP contribution in [0.1, 0.15) is 31.8 Å². The minimum absolute atomic E-state index is 0.360. The van der Waals surface area contributed by atoms with Crippen LogP contribution in [0.25, 0.3) is 32.3 Å². The number of methoxy groups -OCH3 is 2. The number of hydrogen-bond donors (Lipinski definition) is 0.